The lowest BCUT2D eigenvalue weighted by atomic mass is 10.1. The molecule has 3 heterocycles. The molecule has 1 aliphatic heterocycles. The van der Waals surface area contributed by atoms with E-state index >= 15 is 0 Å². The summed E-state index contributed by atoms with van der Waals surface area (Å²) < 4.78 is 5.33. The van der Waals surface area contributed by atoms with E-state index in [-0.39, 0.29) is 11.9 Å². The number of hydrogen-bond acceptors (Lipinski definition) is 5. The molecule has 1 aromatic carbocycles. The van der Waals surface area contributed by atoms with Crippen LogP contribution in [0, 0.1) is 0 Å². The second kappa shape index (κ2) is 9.58. The lowest BCUT2D eigenvalue weighted by Gasteiger charge is -2.20. The molecule has 0 aliphatic carbocycles. The van der Waals surface area contributed by atoms with Gasteiger partial charge in [0, 0.05) is 29.7 Å². The number of hydrogen-bond donors (Lipinski definition) is 2. The zero-order valence-electron chi connectivity index (χ0n) is 16.6. The molecule has 4 rings (SSSR count). The lowest BCUT2D eigenvalue weighted by Crippen LogP contribution is -2.31. The van der Waals surface area contributed by atoms with E-state index in [2.05, 4.69) is 15.6 Å². The molecule has 156 valence electrons. The van der Waals surface area contributed by atoms with Crippen LogP contribution in [0.2, 0.25) is 0 Å². The van der Waals surface area contributed by atoms with Crippen LogP contribution in [-0.4, -0.2) is 34.9 Å². The molecular weight excluding hydrogens is 400 g/mol. The van der Waals surface area contributed by atoms with Crippen LogP contribution >= 0.6 is 11.3 Å². The van der Waals surface area contributed by atoms with Crippen LogP contribution in [0.4, 0.5) is 10.5 Å². The van der Waals surface area contributed by atoms with Crippen molar-refractivity contribution in [2.75, 3.05) is 18.4 Å². The molecule has 0 bridgehead atoms. The van der Waals surface area contributed by atoms with Gasteiger partial charge in [0.05, 0.1) is 18.5 Å². The summed E-state index contributed by atoms with van der Waals surface area (Å²) in [4.78, 5) is 31.2. The Balaban J connectivity index is 1.28. The van der Waals surface area contributed by atoms with Crippen LogP contribution in [0.5, 0.6) is 0 Å². The number of carbonyl (C=O) groups excluding carboxylic acids is 2. The number of anilines is 1. The third-order valence-electron chi connectivity index (χ3n) is 5.00. The maximum Gasteiger partial charge on any atom is 0.319 e. The van der Waals surface area contributed by atoms with Crippen LogP contribution < -0.4 is 10.6 Å². The Morgan fingerprint density at radius 1 is 1.07 bits per heavy atom. The standard InChI is InChI=1S/C22H24N4O3S/c27-21(26-11-3-1-2-4-12-26)16-7-9-17(10-8-16)25-22(28)23-14-18-15-30-20(24-18)19-6-5-13-29-19/h5-10,13,15H,1-4,11-12,14H2,(H2,23,25,28). The van der Waals surface area contributed by atoms with E-state index in [0.717, 1.165) is 36.6 Å². The summed E-state index contributed by atoms with van der Waals surface area (Å²) in [6, 6.07) is 10.4. The third-order valence-corrected chi connectivity index (χ3v) is 5.90. The fourth-order valence-electron chi connectivity index (χ4n) is 3.40. The van der Waals surface area contributed by atoms with Crippen LogP contribution in [0.15, 0.2) is 52.5 Å². The van der Waals surface area contributed by atoms with Crippen molar-refractivity contribution in [3.63, 3.8) is 0 Å². The molecule has 3 amide bonds. The second-order valence-corrected chi connectivity index (χ2v) is 8.07. The van der Waals surface area contributed by atoms with E-state index in [1.165, 1.54) is 24.2 Å². The number of benzene rings is 1. The van der Waals surface area contributed by atoms with Crippen LogP contribution in [-0.2, 0) is 6.54 Å². The predicted octanol–water partition coefficient (Wildman–Crippen LogP) is 4.74. The molecule has 2 aromatic heterocycles. The smallest absolute Gasteiger partial charge is 0.319 e. The fraction of sp³-hybridized carbons (Fsp3) is 0.318. The highest BCUT2D eigenvalue weighted by Crippen LogP contribution is 2.23. The first-order chi connectivity index (χ1) is 14.7. The first kappa shape index (κ1) is 20.2. The Morgan fingerprint density at radius 2 is 1.83 bits per heavy atom. The number of nitrogens with zero attached hydrogens (tertiary/aromatic N) is 2. The highest BCUT2D eigenvalue weighted by Gasteiger charge is 2.17. The normalized spacial score (nSPS) is 14.2. The summed E-state index contributed by atoms with van der Waals surface area (Å²) in [5.74, 6) is 0.773. The largest absolute Gasteiger partial charge is 0.462 e. The summed E-state index contributed by atoms with van der Waals surface area (Å²) in [7, 11) is 0. The first-order valence-corrected chi connectivity index (χ1v) is 11.0. The summed E-state index contributed by atoms with van der Waals surface area (Å²) in [5, 5.41) is 8.24. The van der Waals surface area contributed by atoms with E-state index in [1.54, 1.807) is 30.5 Å². The molecule has 0 saturated carbocycles. The van der Waals surface area contributed by atoms with Crippen molar-refractivity contribution in [2.24, 2.45) is 0 Å². The van der Waals surface area contributed by atoms with Gasteiger partial charge in [-0.3, -0.25) is 4.79 Å². The average Bonchev–Trinajstić information content (AvgIpc) is 3.39. The lowest BCUT2D eigenvalue weighted by molar-refractivity contribution is 0.0761. The molecule has 0 spiro atoms. The molecule has 2 N–H and O–H groups in total. The van der Waals surface area contributed by atoms with Gasteiger partial charge in [-0.25, -0.2) is 9.78 Å². The van der Waals surface area contributed by atoms with Crippen molar-refractivity contribution in [3.8, 4) is 10.8 Å². The Labute approximate surface area is 179 Å². The van der Waals surface area contributed by atoms with Gasteiger partial charge in [-0.1, -0.05) is 12.8 Å². The predicted molar refractivity (Wildman–Crippen MR) is 116 cm³/mol. The minimum absolute atomic E-state index is 0.0591. The quantitative estimate of drug-likeness (QED) is 0.619. The van der Waals surface area contributed by atoms with Crippen LogP contribution in [0.25, 0.3) is 10.8 Å². The first-order valence-electron chi connectivity index (χ1n) is 10.1. The van der Waals surface area contributed by atoms with Gasteiger partial charge in [0.2, 0.25) is 0 Å². The van der Waals surface area contributed by atoms with E-state index in [9.17, 15) is 9.59 Å². The summed E-state index contributed by atoms with van der Waals surface area (Å²) in [6.45, 7) is 1.95. The molecule has 0 unspecified atom stereocenters. The van der Waals surface area contributed by atoms with Crippen LogP contribution in [0.1, 0.15) is 41.7 Å². The van der Waals surface area contributed by atoms with E-state index in [4.69, 9.17) is 4.42 Å². The molecule has 3 aromatic rings. The molecule has 30 heavy (non-hydrogen) atoms. The maximum atomic E-state index is 12.6. The number of furan rings is 1. The Kier molecular flexibility index (Phi) is 6.44. The number of rotatable bonds is 5. The van der Waals surface area contributed by atoms with Crippen molar-refractivity contribution >= 4 is 29.0 Å². The molecule has 1 saturated heterocycles. The number of amides is 3. The van der Waals surface area contributed by atoms with E-state index in [1.807, 2.05) is 22.4 Å². The van der Waals surface area contributed by atoms with Crippen molar-refractivity contribution in [1.29, 1.82) is 0 Å². The van der Waals surface area contributed by atoms with Gasteiger partial charge in [0.1, 0.15) is 0 Å². The van der Waals surface area contributed by atoms with Crippen LogP contribution in [0.3, 0.4) is 0 Å². The van der Waals surface area contributed by atoms with Gasteiger partial charge >= 0.3 is 6.03 Å². The summed E-state index contributed by atoms with van der Waals surface area (Å²) in [5.41, 5.74) is 2.05. The van der Waals surface area contributed by atoms with Gasteiger partial charge in [-0.15, -0.1) is 11.3 Å². The van der Waals surface area contributed by atoms with Gasteiger partial charge in [-0.2, -0.15) is 0 Å². The zero-order chi connectivity index (χ0) is 20.8. The number of aromatic nitrogens is 1. The Bertz CT molecular complexity index is 974. The minimum Gasteiger partial charge on any atom is -0.462 e. The van der Waals surface area contributed by atoms with E-state index < -0.39 is 0 Å². The third kappa shape index (κ3) is 5.07. The molecular formula is C22H24N4O3S. The monoisotopic (exact) mass is 424 g/mol. The van der Waals surface area contributed by atoms with Gasteiger partial charge < -0.3 is 20.0 Å². The van der Waals surface area contributed by atoms with Gasteiger partial charge in [0.25, 0.3) is 5.91 Å². The maximum absolute atomic E-state index is 12.6. The number of thiazole rings is 1. The molecule has 0 radical (unpaired) electrons. The van der Waals surface area contributed by atoms with Crippen molar-refractivity contribution in [1.82, 2.24) is 15.2 Å². The highest BCUT2D eigenvalue weighted by molar-refractivity contribution is 7.13. The number of nitrogens with one attached hydrogen (secondary N) is 2. The van der Waals surface area contributed by atoms with E-state index in [0.29, 0.717) is 23.6 Å². The summed E-state index contributed by atoms with van der Waals surface area (Å²) >= 11 is 1.47. The molecule has 7 nitrogen and oxygen atoms in total. The second-order valence-electron chi connectivity index (χ2n) is 7.21. The fourth-order valence-corrected chi connectivity index (χ4v) is 4.19. The zero-order valence-corrected chi connectivity index (χ0v) is 17.4. The topological polar surface area (TPSA) is 87.5 Å². The molecule has 1 aliphatic rings. The molecule has 8 heteroatoms. The van der Waals surface area contributed by atoms with Gasteiger partial charge in [0.15, 0.2) is 10.8 Å². The minimum atomic E-state index is -0.325. The Hall–Kier alpha value is -3.13. The van der Waals surface area contributed by atoms with Gasteiger partial charge in [-0.05, 0) is 49.2 Å². The molecule has 0 atom stereocenters. The molecule has 1 fully saturated rings. The number of carbonyl (C=O) groups is 2. The summed E-state index contributed by atoms with van der Waals surface area (Å²) in [6.07, 6.45) is 6.11. The highest BCUT2D eigenvalue weighted by atomic mass is 32.1. The number of likely N-dealkylation sites (tertiary alicyclic amines) is 1. The number of urea groups is 1. The van der Waals surface area contributed by atoms with Crippen molar-refractivity contribution in [2.45, 2.75) is 32.2 Å². The SMILES string of the molecule is O=C(NCc1csc(-c2ccco2)n1)Nc1ccc(C(=O)N2CCCCCC2)cc1. The Morgan fingerprint density at radius 3 is 2.53 bits per heavy atom. The average molecular weight is 425 g/mol. The van der Waals surface area contributed by atoms with Crippen molar-refractivity contribution < 1.29 is 14.0 Å². The van der Waals surface area contributed by atoms with Crippen molar-refractivity contribution in [3.05, 3.63) is 59.3 Å².